The van der Waals surface area contributed by atoms with Gasteiger partial charge in [-0.15, -0.1) is 10.2 Å². The molecule has 1 aliphatic carbocycles. The summed E-state index contributed by atoms with van der Waals surface area (Å²) in [4.78, 5) is 2.41. The number of benzene rings is 1. The van der Waals surface area contributed by atoms with E-state index < -0.39 is 0 Å². The fourth-order valence-corrected chi connectivity index (χ4v) is 3.74. The van der Waals surface area contributed by atoms with Gasteiger partial charge in [-0.2, -0.15) is 0 Å². The number of ether oxygens (including phenoxy) is 2. The van der Waals surface area contributed by atoms with Crippen LogP contribution in [0.4, 0.5) is 0 Å². The minimum Gasteiger partial charge on any atom is -0.491 e. The zero-order valence-electron chi connectivity index (χ0n) is 15.9. The fraction of sp³-hybridized carbons (Fsp3) is 0.600. The first kappa shape index (κ1) is 17.5. The van der Waals surface area contributed by atoms with Crippen molar-refractivity contribution in [3.63, 3.8) is 0 Å². The first-order chi connectivity index (χ1) is 12.5. The van der Waals surface area contributed by atoms with Crippen LogP contribution in [0.15, 0.2) is 30.3 Å². The van der Waals surface area contributed by atoms with E-state index in [9.17, 15) is 0 Å². The summed E-state index contributed by atoms with van der Waals surface area (Å²) in [5, 5.41) is 8.84. The van der Waals surface area contributed by atoms with Crippen LogP contribution in [0.3, 0.4) is 0 Å². The molecule has 2 aromatic rings. The summed E-state index contributed by atoms with van der Waals surface area (Å²) in [7, 11) is 2.09. The van der Waals surface area contributed by atoms with E-state index in [0.717, 1.165) is 37.0 Å². The maximum atomic E-state index is 6.24. The van der Waals surface area contributed by atoms with E-state index in [2.05, 4.69) is 40.6 Å². The number of nitrogens with zero attached hydrogens (tertiary/aromatic N) is 4. The van der Waals surface area contributed by atoms with Crippen molar-refractivity contribution in [3.8, 4) is 5.75 Å². The summed E-state index contributed by atoms with van der Waals surface area (Å²) < 4.78 is 14.3. The maximum absolute atomic E-state index is 6.24. The Hall–Kier alpha value is -1.92. The van der Waals surface area contributed by atoms with Gasteiger partial charge < -0.3 is 14.0 Å². The SMILES string of the molecule is Cn1c(CN2C[C@H](COc3ccccc3)OC(C)(C)C2)nnc1C1CC1. The third kappa shape index (κ3) is 4.07. The monoisotopic (exact) mass is 356 g/mol. The molecule has 2 fully saturated rings. The Bertz CT molecular complexity index is 740. The van der Waals surface area contributed by atoms with Crippen molar-refractivity contribution in [3.05, 3.63) is 42.0 Å². The molecule has 1 aromatic carbocycles. The average Bonchev–Trinajstić information content (AvgIpc) is 3.38. The fourth-order valence-electron chi connectivity index (χ4n) is 3.74. The van der Waals surface area contributed by atoms with Gasteiger partial charge in [-0.25, -0.2) is 0 Å². The van der Waals surface area contributed by atoms with Gasteiger partial charge >= 0.3 is 0 Å². The highest BCUT2D eigenvalue weighted by molar-refractivity contribution is 5.21. The molecule has 1 aliphatic heterocycles. The Balaban J connectivity index is 1.39. The van der Waals surface area contributed by atoms with Crippen LogP contribution in [-0.4, -0.2) is 51.1 Å². The second kappa shape index (κ2) is 7.00. The summed E-state index contributed by atoms with van der Waals surface area (Å²) in [6.07, 6.45) is 2.53. The standard InChI is InChI=1S/C20H28N4O2/c1-20(2)14-24(12-18-21-22-19(23(18)3)15-9-10-15)11-17(26-20)13-25-16-7-5-4-6-8-16/h4-8,15,17H,9-14H2,1-3H3/t17-/m1/s1. The molecule has 1 aromatic heterocycles. The van der Waals surface area contributed by atoms with Crippen LogP contribution >= 0.6 is 0 Å². The van der Waals surface area contributed by atoms with Gasteiger partial charge in [0.15, 0.2) is 0 Å². The summed E-state index contributed by atoms with van der Waals surface area (Å²) in [5.74, 6) is 3.67. The quantitative estimate of drug-likeness (QED) is 0.797. The summed E-state index contributed by atoms with van der Waals surface area (Å²) >= 11 is 0. The summed E-state index contributed by atoms with van der Waals surface area (Å²) in [6, 6.07) is 9.92. The third-order valence-corrected chi connectivity index (χ3v) is 5.04. The van der Waals surface area contributed by atoms with Crippen LogP contribution in [0.5, 0.6) is 5.75 Å². The lowest BCUT2D eigenvalue weighted by Gasteiger charge is -2.42. The van der Waals surface area contributed by atoms with Crippen LogP contribution in [0, 0.1) is 0 Å². The zero-order valence-corrected chi connectivity index (χ0v) is 15.9. The molecule has 1 atom stereocenters. The molecule has 2 heterocycles. The van der Waals surface area contributed by atoms with Crippen LogP contribution in [0.1, 0.15) is 44.3 Å². The molecular weight excluding hydrogens is 328 g/mol. The molecule has 26 heavy (non-hydrogen) atoms. The number of hydrogen-bond acceptors (Lipinski definition) is 5. The Morgan fingerprint density at radius 2 is 1.96 bits per heavy atom. The molecule has 1 saturated carbocycles. The zero-order chi connectivity index (χ0) is 18.1. The molecule has 0 amide bonds. The first-order valence-corrected chi connectivity index (χ1v) is 9.46. The van der Waals surface area contributed by atoms with E-state index in [1.165, 1.54) is 12.8 Å². The minimum absolute atomic E-state index is 0.0371. The molecule has 1 saturated heterocycles. The largest absolute Gasteiger partial charge is 0.491 e. The van der Waals surface area contributed by atoms with Crippen LogP contribution < -0.4 is 4.74 Å². The van der Waals surface area contributed by atoms with E-state index in [0.29, 0.717) is 12.5 Å². The van der Waals surface area contributed by atoms with Crippen LogP contribution in [0.25, 0.3) is 0 Å². The smallest absolute Gasteiger partial charge is 0.146 e. The van der Waals surface area contributed by atoms with Gasteiger partial charge in [-0.1, -0.05) is 18.2 Å². The molecule has 4 rings (SSSR count). The van der Waals surface area contributed by atoms with Crippen molar-refractivity contribution in [1.29, 1.82) is 0 Å². The predicted molar refractivity (Wildman–Crippen MR) is 99.1 cm³/mol. The number of rotatable bonds is 6. The van der Waals surface area contributed by atoms with Gasteiger partial charge in [-0.3, -0.25) is 4.90 Å². The van der Waals surface area contributed by atoms with Gasteiger partial charge in [0.05, 0.1) is 12.1 Å². The van der Waals surface area contributed by atoms with Gasteiger partial charge in [0.1, 0.15) is 30.1 Å². The first-order valence-electron chi connectivity index (χ1n) is 9.46. The molecule has 0 N–H and O–H groups in total. The molecule has 6 heteroatoms. The second-order valence-electron chi connectivity index (χ2n) is 8.10. The normalized spacial score (nSPS) is 23.1. The van der Waals surface area contributed by atoms with Crippen LogP contribution in [-0.2, 0) is 18.3 Å². The number of hydrogen-bond donors (Lipinski definition) is 0. The maximum Gasteiger partial charge on any atom is 0.146 e. The highest BCUT2D eigenvalue weighted by atomic mass is 16.5. The highest BCUT2D eigenvalue weighted by Crippen LogP contribution is 2.38. The Kier molecular flexibility index (Phi) is 4.71. The topological polar surface area (TPSA) is 52.4 Å². The van der Waals surface area contributed by atoms with Gasteiger partial charge in [0.25, 0.3) is 0 Å². The molecule has 2 aliphatic rings. The summed E-state index contributed by atoms with van der Waals surface area (Å²) in [5.41, 5.74) is -0.207. The molecule has 0 radical (unpaired) electrons. The van der Waals surface area contributed by atoms with Crippen molar-refractivity contribution >= 4 is 0 Å². The number of aromatic nitrogens is 3. The summed E-state index contributed by atoms with van der Waals surface area (Å²) in [6.45, 7) is 7.34. The molecule has 0 bridgehead atoms. The van der Waals surface area contributed by atoms with E-state index in [-0.39, 0.29) is 11.7 Å². The van der Waals surface area contributed by atoms with Crippen LogP contribution in [0.2, 0.25) is 0 Å². The lowest BCUT2D eigenvalue weighted by atomic mass is 10.1. The lowest BCUT2D eigenvalue weighted by Crippen LogP contribution is -2.54. The van der Waals surface area contributed by atoms with Gasteiger partial charge in [0.2, 0.25) is 0 Å². The van der Waals surface area contributed by atoms with Gasteiger partial charge in [0, 0.05) is 26.1 Å². The molecule has 140 valence electrons. The molecule has 6 nitrogen and oxygen atoms in total. The molecular formula is C20H28N4O2. The number of morpholine rings is 1. The highest BCUT2D eigenvalue weighted by Gasteiger charge is 2.35. The van der Waals surface area contributed by atoms with E-state index in [1.807, 2.05) is 30.3 Å². The van der Waals surface area contributed by atoms with Crippen molar-refractivity contribution in [2.45, 2.75) is 50.9 Å². The number of para-hydroxylation sites is 1. The van der Waals surface area contributed by atoms with Crippen molar-refractivity contribution in [2.75, 3.05) is 19.7 Å². The predicted octanol–water partition coefficient (Wildman–Crippen LogP) is 2.75. The van der Waals surface area contributed by atoms with Crippen molar-refractivity contribution in [2.24, 2.45) is 7.05 Å². The van der Waals surface area contributed by atoms with E-state index in [4.69, 9.17) is 9.47 Å². The molecule has 0 spiro atoms. The van der Waals surface area contributed by atoms with Gasteiger partial charge in [-0.05, 0) is 38.8 Å². The van der Waals surface area contributed by atoms with Crippen molar-refractivity contribution < 1.29 is 9.47 Å². The lowest BCUT2D eigenvalue weighted by molar-refractivity contribution is -0.148. The second-order valence-corrected chi connectivity index (χ2v) is 8.10. The van der Waals surface area contributed by atoms with E-state index >= 15 is 0 Å². The van der Waals surface area contributed by atoms with E-state index in [1.54, 1.807) is 0 Å². The van der Waals surface area contributed by atoms with Crippen molar-refractivity contribution in [1.82, 2.24) is 19.7 Å². The molecule has 0 unspecified atom stereocenters. The Morgan fingerprint density at radius 1 is 1.19 bits per heavy atom. The third-order valence-electron chi connectivity index (χ3n) is 5.04. The average molecular weight is 356 g/mol. The minimum atomic E-state index is -0.207. The Morgan fingerprint density at radius 3 is 2.69 bits per heavy atom. The Labute approximate surface area is 155 Å².